The van der Waals surface area contributed by atoms with E-state index in [2.05, 4.69) is 10.3 Å². The summed E-state index contributed by atoms with van der Waals surface area (Å²) in [6, 6.07) is 4.90. The molecule has 2 amide bonds. The van der Waals surface area contributed by atoms with Gasteiger partial charge >= 0.3 is 6.03 Å². The fourth-order valence-electron chi connectivity index (χ4n) is 3.47. The van der Waals surface area contributed by atoms with Gasteiger partial charge < -0.3 is 5.32 Å². The van der Waals surface area contributed by atoms with Crippen LogP contribution < -0.4 is 5.32 Å². The number of benzene rings is 1. The summed E-state index contributed by atoms with van der Waals surface area (Å²) < 4.78 is 0. The first kappa shape index (κ1) is 15.3. The highest BCUT2D eigenvalue weighted by atomic mass is 16.6. The minimum absolute atomic E-state index is 0.0387. The van der Waals surface area contributed by atoms with E-state index >= 15 is 0 Å². The van der Waals surface area contributed by atoms with Gasteiger partial charge in [-0.25, -0.2) is 9.79 Å². The molecule has 1 aromatic carbocycles. The van der Waals surface area contributed by atoms with Crippen LogP contribution in [0.4, 0.5) is 10.5 Å². The van der Waals surface area contributed by atoms with Crippen molar-refractivity contribution in [1.82, 2.24) is 5.32 Å². The number of nitro benzene ring substituents is 1. The highest BCUT2D eigenvalue weighted by Crippen LogP contribution is 2.42. The second-order valence-corrected chi connectivity index (χ2v) is 6.81. The summed E-state index contributed by atoms with van der Waals surface area (Å²) in [6.45, 7) is 3.91. The van der Waals surface area contributed by atoms with Crippen molar-refractivity contribution in [2.45, 2.75) is 32.7 Å². The number of para-hydroxylation sites is 1. The first-order chi connectivity index (χ1) is 10.8. The number of hydrogen-bond acceptors (Lipinski definition) is 4. The summed E-state index contributed by atoms with van der Waals surface area (Å²) in [7, 11) is 0. The van der Waals surface area contributed by atoms with Crippen LogP contribution in [0.2, 0.25) is 0 Å². The van der Waals surface area contributed by atoms with Gasteiger partial charge in [-0.3, -0.25) is 14.9 Å². The number of carbonyl (C=O) groups is 2. The van der Waals surface area contributed by atoms with Gasteiger partial charge in [-0.05, 0) is 11.8 Å². The SMILES string of the molecule is CC1(C)CC(=O)C2C(=NC(=O)NC2c2ccccc2[N+](=O)[O-])C1. The Morgan fingerprint density at radius 2 is 1.96 bits per heavy atom. The third-order valence-electron chi connectivity index (χ3n) is 4.34. The summed E-state index contributed by atoms with van der Waals surface area (Å²) in [5, 5.41) is 13.9. The van der Waals surface area contributed by atoms with E-state index in [-0.39, 0.29) is 16.9 Å². The van der Waals surface area contributed by atoms with Crippen LogP contribution in [0.3, 0.4) is 0 Å². The Morgan fingerprint density at radius 3 is 2.65 bits per heavy atom. The third-order valence-corrected chi connectivity index (χ3v) is 4.34. The zero-order valence-electron chi connectivity index (χ0n) is 12.9. The average molecular weight is 315 g/mol. The van der Waals surface area contributed by atoms with Crippen LogP contribution in [0.5, 0.6) is 0 Å². The molecule has 0 spiro atoms. The van der Waals surface area contributed by atoms with E-state index in [1.807, 2.05) is 13.8 Å². The van der Waals surface area contributed by atoms with Crippen molar-refractivity contribution in [2.24, 2.45) is 16.3 Å². The number of hydrogen-bond donors (Lipinski definition) is 1. The summed E-state index contributed by atoms with van der Waals surface area (Å²) >= 11 is 0. The maximum absolute atomic E-state index is 12.6. The first-order valence-electron chi connectivity index (χ1n) is 7.42. The van der Waals surface area contributed by atoms with Gasteiger partial charge in [0.15, 0.2) is 0 Å². The predicted octanol–water partition coefficient (Wildman–Crippen LogP) is 2.81. The molecule has 3 rings (SSSR count). The van der Waals surface area contributed by atoms with Gasteiger partial charge in [-0.1, -0.05) is 32.0 Å². The number of nitrogens with zero attached hydrogens (tertiary/aromatic N) is 2. The monoisotopic (exact) mass is 315 g/mol. The van der Waals surface area contributed by atoms with Gasteiger partial charge in [0, 0.05) is 18.2 Å². The maximum atomic E-state index is 12.6. The van der Waals surface area contributed by atoms with Crippen molar-refractivity contribution in [3.63, 3.8) is 0 Å². The molecule has 1 aromatic rings. The molecular formula is C16H17N3O4. The van der Waals surface area contributed by atoms with Crippen LogP contribution in [-0.2, 0) is 4.79 Å². The van der Waals surface area contributed by atoms with Gasteiger partial charge in [-0.15, -0.1) is 0 Å². The molecule has 2 unspecified atom stereocenters. The van der Waals surface area contributed by atoms with E-state index in [4.69, 9.17) is 0 Å². The molecule has 23 heavy (non-hydrogen) atoms. The lowest BCUT2D eigenvalue weighted by molar-refractivity contribution is -0.385. The summed E-state index contributed by atoms with van der Waals surface area (Å²) in [5.74, 6) is -0.662. The van der Waals surface area contributed by atoms with Gasteiger partial charge in [0.2, 0.25) is 0 Å². The number of fused-ring (bicyclic) bond motifs is 1. The minimum atomic E-state index is -0.736. The molecule has 0 aromatic heterocycles. The van der Waals surface area contributed by atoms with E-state index in [1.54, 1.807) is 18.2 Å². The minimum Gasteiger partial charge on any atom is -0.328 e. The molecule has 2 atom stereocenters. The fraction of sp³-hybridized carbons (Fsp3) is 0.438. The molecule has 7 heteroatoms. The molecule has 1 saturated carbocycles. The second-order valence-electron chi connectivity index (χ2n) is 6.81. The van der Waals surface area contributed by atoms with Crippen molar-refractivity contribution in [1.29, 1.82) is 0 Å². The fourth-order valence-corrected chi connectivity index (χ4v) is 3.47. The predicted molar refractivity (Wildman–Crippen MR) is 83.3 cm³/mol. The second kappa shape index (κ2) is 5.26. The number of urea groups is 1. The van der Waals surface area contributed by atoms with Crippen molar-refractivity contribution in [2.75, 3.05) is 0 Å². The van der Waals surface area contributed by atoms with Crippen LogP contribution in [-0.4, -0.2) is 22.4 Å². The molecule has 0 saturated heterocycles. The lowest BCUT2D eigenvalue weighted by atomic mass is 9.67. The maximum Gasteiger partial charge on any atom is 0.341 e. The average Bonchev–Trinajstić information content (AvgIpc) is 2.44. The van der Waals surface area contributed by atoms with E-state index in [9.17, 15) is 19.7 Å². The van der Waals surface area contributed by atoms with Crippen LogP contribution in [0.15, 0.2) is 29.3 Å². The van der Waals surface area contributed by atoms with Gasteiger partial charge in [-0.2, -0.15) is 0 Å². The Balaban J connectivity index is 2.08. The molecule has 2 aliphatic rings. The molecule has 1 aliphatic carbocycles. The van der Waals surface area contributed by atoms with E-state index in [0.29, 0.717) is 24.1 Å². The Labute approximate surface area is 132 Å². The summed E-state index contributed by atoms with van der Waals surface area (Å²) in [6.07, 6.45) is 0.900. The number of nitro groups is 1. The molecule has 1 N–H and O–H groups in total. The first-order valence-corrected chi connectivity index (χ1v) is 7.42. The normalized spacial score (nSPS) is 26.1. The Hall–Kier alpha value is -2.57. The number of rotatable bonds is 2. The van der Waals surface area contributed by atoms with E-state index in [1.165, 1.54) is 6.07 Å². The molecule has 0 bridgehead atoms. The Morgan fingerprint density at radius 1 is 1.26 bits per heavy atom. The lowest BCUT2D eigenvalue weighted by Crippen LogP contribution is -2.49. The van der Waals surface area contributed by atoms with Crippen molar-refractivity contribution in [3.8, 4) is 0 Å². The van der Waals surface area contributed by atoms with Gasteiger partial charge in [0.25, 0.3) is 5.69 Å². The number of carbonyl (C=O) groups excluding carboxylic acids is 2. The van der Waals surface area contributed by atoms with Crippen molar-refractivity contribution >= 4 is 23.2 Å². The number of amides is 2. The highest BCUT2D eigenvalue weighted by molar-refractivity contribution is 6.13. The largest absolute Gasteiger partial charge is 0.341 e. The van der Waals surface area contributed by atoms with Crippen LogP contribution in [0.25, 0.3) is 0 Å². The topological polar surface area (TPSA) is 102 Å². The quantitative estimate of drug-likeness (QED) is 0.669. The van der Waals surface area contributed by atoms with Crippen molar-refractivity contribution in [3.05, 3.63) is 39.9 Å². The number of aliphatic imine (C=N–C) groups is 1. The molecule has 120 valence electrons. The Kier molecular flexibility index (Phi) is 3.50. The Bertz CT molecular complexity index is 739. The smallest absolute Gasteiger partial charge is 0.328 e. The van der Waals surface area contributed by atoms with Crippen LogP contribution in [0, 0.1) is 21.4 Å². The third kappa shape index (κ3) is 2.74. The molecule has 7 nitrogen and oxygen atoms in total. The van der Waals surface area contributed by atoms with Gasteiger partial charge in [0.05, 0.1) is 22.4 Å². The molecule has 0 radical (unpaired) electrons. The summed E-state index contributed by atoms with van der Waals surface area (Å²) in [5.41, 5.74) is 0.517. The molecular weight excluding hydrogens is 298 g/mol. The molecule has 1 aliphatic heterocycles. The molecule has 1 heterocycles. The number of nitrogens with one attached hydrogen (secondary N) is 1. The number of Topliss-reactive ketones (excluding diaryl/α,β-unsaturated/α-hetero) is 1. The van der Waals surface area contributed by atoms with Crippen LogP contribution in [0.1, 0.15) is 38.3 Å². The zero-order chi connectivity index (χ0) is 16.8. The van der Waals surface area contributed by atoms with Gasteiger partial charge in [0.1, 0.15) is 5.78 Å². The summed E-state index contributed by atoms with van der Waals surface area (Å²) in [4.78, 5) is 39.3. The highest BCUT2D eigenvalue weighted by Gasteiger charge is 2.46. The van der Waals surface area contributed by atoms with E-state index in [0.717, 1.165) is 0 Å². The zero-order valence-corrected chi connectivity index (χ0v) is 12.9. The van der Waals surface area contributed by atoms with Crippen LogP contribution >= 0.6 is 0 Å². The standard InChI is InChI=1S/C16H17N3O4/c1-16(2)7-10-13(12(20)8-16)14(18-15(21)17-10)9-5-3-4-6-11(9)19(22)23/h3-6,13-14H,7-8H2,1-2H3,(H,18,21). The van der Waals surface area contributed by atoms with E-state index < -0.39 is 22.9 Å². The number of ketones is 1. The molecule has 1 fully saturated rings. The lowest BCUT2D eigenvalue weighted by Gasteiger charge is -2.39. The van der Waals surface area contributed by atoms with Crippen molar-refractivity contribution < 1.29 is 14.5 Å².